The van der Waals surface area contributed by atoms with Crippen LogP contribution in [0.25, 0.3) is 0 Å². The SMILES string of the molecule is CCOC(=O)COCCNCCC(O)COC. The van der Waals surface area contributed by atoms with Crippen LogP contribution in [0.2, 0.25) is 0 Å². The predicted molar refractivity (Wildman–Crippen MR) is 62.8 cm³/mol. The number of hydrogen-bond acceptors (Lipinski definition) is 6. The van der Waals surface area contributed by atoms with E-state index >= 15 is 0 Å². The molecule has 1 unspecified atom stereocenters. The summed E-state index contributed by atoms with van der Waals surface area (Å²) in [7, 11) is 1.56. The van der Waals surface area contributed by atoms with Gasteiger partial charge in [0.1, 0.15) is 6.61 Å². The maximum Gasteiger partial charge on any atom is 0.332 e. The molecule has 0 aliphatic rings. The molecule has 0 bridgehead atoms. The molecule has 2 N–H and O–H groups in total. The first kappa shape index (κ1) is 16.3. The molecular weight excluding hydrogens is 226 g/mol. The number of hydrogen-bond donors (Lipinski definition) is 2. The Morgan fingerprint density at radius 2 is 2.18 bits per heavy atom. The Bertz CT molecular complexity index is 189. The number of aliphatic hydroxyl groups excluding tert-OH is 1. The van der Waals surface area contributed by atoms with E-state index in [2.05, 4.69) is 5.32 Å². The molecule has 0 radical (unpaired) electrons. The quantitative estimate of drug-likeness (QED) is 0.381. The fraction of sp³-hybridized carbons (Fsp3) is 0.909. The Kier molecular flexibility index (Phi) is 11.3. The Morgan fingerprint density at radius 1 is 1.41 bits per heavy atom. The number of aliphatic hydroxyl groups is 1. The van der Waals surface area contributed by atoms with E-state index in [0.29, 0.717) is 39.3 Å². The number of carbonyl (C=O) groups is 1. The summed E-state index contributed by atoms with van der Waals surface area (Å²) in [6.45, 7) is 4.23. The zero-order valence-electron chi connectivity index (χ0n) is 10.6. The van der Waals surface area contributed by atoms with Gasteiger partial charge in [-0.3, -0.25) is 0 Å². The summed E-state index contributed by atoms with van der Waals surface area (Å²) in [6.07, 6.45) is 0.194. The second-order valence-corrected chi connectivity index (χ2v) is 3.51. The molecule has 6 nitrogen and oxygen atoms in total. The summed E-state index contributed by atoms with van der Waals surface area (Å²) in [4.78, 5) is 10.9. The minimum Gasteiger partial charge on any atom is -0.464 e. The fourth-order valence-electron chi connectivity index (χ4n) is 1.17. The number of carbonyl (C=O) groups excluding carboxylic acids is 1. The number of esters is 1. The van der Waals surface area contributed by atoms with Crippen LogP contribution in [0.15, 0.2) is 0 Å². The van der Waals surface area contributed by atoms with Gasteiger partial charge in [-0.05, 0) is 19.9 Å². The van der Waals surface area contributed by atoms with Crippen molar-refractivity contribution >= 4 is 5.97 Å². The molecule has 17 heavy (non-hydrogen) atoms. The average molecular weight is 249 g/mol. The van der Waals surface area contributed by atoms with Crippen molar-refractivity contribution < 1.29 is 24.1 Å². The van der Waals surface area contributed by atoms with Crippen molar-refractivity contribution in [2.75, 3.05) is 46.6 Å². The first-order valence-corrected chi connectivity index (χ1v) is 5.81. The molecule has 0 aromatic rings. The van der Waals surface area contributed by atoms with Gasteiger partial charge < -0.3 is 24.6 Å². The van der Waals surface area contributed by atoms with Gasteiger partial charge in [0.2, 0.25) is 0 Å². The average Bonchev–Trinajstić information content (AvgIpc) is 2.28. The third kappa shape index (κ3) is 11.6. The number of rotatable bonds is 11. The molecule has 1 atom stereocenters. The van der Waals surface area contributed by atoms with E-state index in [-0.39, 0.29) is 12.6 Å². The van der Waals surface area contributed by atoms with Gasteiger partial charge in [-0.15, -0.1) is 0 Å². The van der Waals surface area contributed by atoms with Crippen LogP contribution in [0.4, 0.5) is 0 Å². The van der Waals surface area contributed by atoms with E-state index in [9.17, 15) is 9.90 Å². The smallest absolute Gasteiger partial charge is 0.332 e. The molecule has 0 saturated heterocycles. The van der Waals surface area contributed by atoms with Crippen LogP contribution in [-0.2, 0) is 19.0 Å². The maximum atomic E-state index is 10.9. The highest BCUT2D eigenvalue weighted by Crippen LogP contribution is 1.89. The monoisotopic (exact) mass is 249 g/mol. The number of ether oxygens (including phenoxy) is 3. The number of methoxy groups -OCH3 is 1. The van der Waals surface area contributed by atoms with Gasteiger partial charge in [0, 0.05) is 13.7 Å². The van der Waals surface area contributed by atoms with Gasteiger partial charge in [0.15, 0.2) is 0 Å². The van der Waals surface area contributed by atoms with Crippen LogP contribution in [0.3, 0.4) is 0 Å². The van der Waals surface area contributed by atoms with Crippen LogP contribution in [0.1, 0.15) is 13.3 Å². The molecule has 0 rings (SSSR count). The summed E-state index contributed by atoms with van der Waals surface area (Å²) < 4.78 is 14.6. The molecule has 0 aliphatic carbocycles. The molecule has 0 aromatic carbocycles. The van der Waals surface area contributed by atoms with E-state index in [1.165, 1.54) is 0 Å². The predicted octanol–water partition coefficient (Wildman–Crippen LogP) is -0.447. The van der Waals surface area contributed by atoms with Gasteiger partial charge in [0.25, 0.3) is 0 Å². The lowest BCUT2D eigenvalue weighted by Crippen LogP contribution is -2.26. The molecular formula is C11H23NO5. The fourth-order valence-corrected chi connectivity index (χ4v) is 1.17. The van der Waals surface area contributed by atoms with Crippen molar-refractivity contribution in [2.45, 2.75) is 19.4 Å². The summed E-state index contributed by atoms with van der Waals surface area (Å²) in [5, 5.41) is 12.4. The third-order valence-electron chi connectivity index (χ3n) is 1.96. The van der Waals surface area contributed by atoms with Gasteiger partial charge in [0.05, 0.1) is 25.9 Å². The van der Waals surface area contributed by atoms with Gasteiger partial charge in [-0.25, -0.2) is 4.79 Å². The largest absolute Gasteiger partial charge is 0.464 e. The molecule has 0 fully saturated rings. The van der Waals surface area contributed by atoms with E-state index in [1.54, 1.807) is 14.0 Å². The molecule has 102 valence electrons. The molecule has 6 heteroatoms. The van der Waals surface area contributed by atoms with Crippen molar-refractivity contribution in [1.29, 1.82) is 0 Å². The van der Waals surface area contributed by atoms with E-state index in [1.807, 2.05) is 0 Å². The third-order valence-corrected chi connectivity index (χ3v) is 1.96. The summed E-state index contributed by atoms with van der Waals surface area (Å²) in [6, 6.07) is 0. The second-order valence-electron chi connectivity index (χ2n) is 3.51. The summed E-state index contributed by atoms with van der Waals surface area (Å²) in [5.74, 6) is -0.344. The Morgan fingerprint density at radius 3 is 2.82 bits per heavy atom. The van der Waals surface area contributed by atoms with Crippen molar-refractivity contribution in [2.24, 2.45) is 0 Å². The van der Waals surface area contributed by atoms with E-state index < -0.39 is 6.10 Å². The lowest BCUT2D eigenvalue weighted by atomic mass is 10.3. The summed E-state index contributed by atoms with van der Waals surface area (Å²) in [5.41, 5.74) is 0. The van der Waals surface area contributed by atoms with Crippen LogP contribution < -0.4 is 5.32 Å². The Hall–Kier alpha value is -0.690. The highest BCUT2D eigenvalue weighted by molar-refractivity contribution is 5.70. The van der Waals surface area contributed by atoms with Crippen molar-refractivity contribution in [1.82, 2.24) is 5.32 Å². The van der Waals surface area contributed by atoms with Crippen LogP contribution >= 0.6 is 0 Å². The summed E-state index contributed by atoms with van der Waals surface area (Å²) >= 11 is 0. The highest BCUT2D eigenvalue weighted by Gasteiger charge is 2.02. The zero-order chi connectivity index (χ0) is 12.9. The Labute approximate surface area is 102 Å². The molecule has 0 aliphatic heterocycles. The van der Waals surface area contributed by atoms with Crippen LogP contribution in [0, 0.1) is 0 Å². The molecule has 0 spiro atoms. The standard InChI is InChI=1S/C11H23NO5/c1-3-17-11(14)9-16-7-6-12-5-4-10(13)8-15-2/h10,12-13H,3-9H2,1-2H3. The lowest BCUT2D eigenvalue weighted by Gasteiger charge is -2.10. The van der Waals surface area contributed by atoms with Crippen LogP contribution in [-0.4, -0.2) is 63.8 Å². The first-order chi connectivity index (χ1) is 8.20. The Balaban J connectivity index is 3.16. The molecule has 0 heterocycles. The lowest BCUT2D eigenvalue weighted by molar-refractivity contribution is -0.148. The minimum absolute atomic E-state index is 0.0121. The van der Waals surface area contributed by atoms with Crippen molar-refractivity contribution in [3.8, 4) is 0 Å². The molecule has 0 aromatic heterocycles. The first-order valence-electron chi connectivity index (χ1n) is 5.81. The van der Waals surface area contributed by atoms with Gasteiger partial charge in [-0.1, -0.05) is 0 Å². The van der Waals surface area contributed by atoms with Gasteiger partial charge in [-0.2, -0.15) is 0 Å². The van der Waals surface area contributed by atoms with E-state index in [4.69, 9.17) is 14.2 Å². The van der Waals surface area contributed by atoms with Gasteiger partial charge >= 0.3 is 5.97 Å². The number of nitrogens with one attached hydrogen (secondary N) is 1. The van der Waals surface area contributed by atoms with Crippen molar-refractivity contribution in [3.05, 3.63) is 0 Å². The normalized spacial score (nSPS) is 12.4. The van der Waals surface area contributed by atoms with Crippen LogP contribution in [0.5, 0.6) is 0 Å². The van der Waals surface area contributed by atoms with Crippen molar-refractivity contribution in [3.63, 3.8) is 0 Å². The minimum atomic E-state index is -0.437. The second kappa shape index (κ2) is 11.8. The van der Waals surface area contributed by atoms with E-state index in [0.717, 1.165) is 0 Å². The molecule has 0 amide bonds. The molecule has 0 saturated carbocycles. The highest BCUT2D eigenvalue weighted by atomic mass is 16.6. The zero-order valence-corrected chi connectivity index (χ0v) is 10.6. The topological polar surface area (TPSA) is 77.0 Å². The maximum absolute atomic E-state index is 10.9.